The van der Waals surface area contributed by atoms with E-state index in [0.29, 0.717) is 12.6 Å². The quantitative estimate of drug-likeness (QED) is 0.861. The Kier molecular flexibility index (Phi) is 5.27. The molecule has 0 atom stereocenters. The lowest BCUT2D eigenvalue weighted by Crippen LogP contribution is -2.26. The van der Waals surface area contributed by atoms with Gasteiger partial charge in [0.1, 0.15) is 0 Å². The normalized spacial score (nSPS) is 11.4. The summed E-state index contributed by atoms with van der Waals surface area (Å²) in [6.07, 6.45) is 2.06. The van der Waals surface area contributed by atoms with E-state index in [0.717, 1.165) is 6.54 Å². The number of hydrogen-bond acceptors (Lipinski definition) is 6. The zero-order valence-corrected chi connectivity index (χ0v) is 12.0. The Bertz CT molecular complexity index is 375. The third-order valence-electron chi connectivity index (χ3n) is 2.09. The molecule has 5 nitrogen and oxygen atoms in total. The molecule has 0 fully saturated rings. The van der Waals surface area contributed by atoms with Crippen molar-refractivity contribution in [3.8, 4) is 6.01 Å². The summed E-state index contributed by atoms with van der Waals surface area (Å²) in [5, 5.41) is 3.26. The van der Waals surface area contributed by atoms with Gasteiger partial charge in [-0.25, -0.2) is 0 Å². The van der Waals surface area contributed by atoms with Crippen LogP contribution in [0.5, 0.6) is 6.01 Å². The summed E-state index contributed by atoms with van der Waals surface area (Å²) < 4.78 is 5.30. The van der Waals surface area contributed by atoms with Gasteiger partial charge in [0, 0.05) is 11.3 Å². The van der Waals surface area contributed by atoms with Gasteiger partial charge in [-0.2, -0.15) is 26.7 Å². The summed E-state index contributed by atoms with van der Waals surface area (Å²) in [5.74, 6) is 0.440. The maximum Gasteiger partial charge on any atom is 0.322 e. The minimum absolute atomic E-state index is 0.102. The van der Waals surface area contributed by atoms with E-state index in [1.807, 2.05) is 6.92 Å². The summed E-state index contributed by atoms with van der Waals surface area (Å²) >= 11 is 7.55. The fourth-order valence-corrected chi connectivity index (χ4v) is 1.34. The SMILES string of the molecule is CCOc1nc(Cl)nc(NCC(C)(C)SC)n1. The number of hydrogen-bond donors (Lipinski definition) is 1. The maximum absolute atomic E-state index is 5.78. The second kappa shape index (κ2) is 6.26. The van der Waals surface area contributed by atoms with Gasteiger partial charge in [-0.1, -0.05) is 0 Å². The van der Waals surface area contributed by atoms with Crippen molar-refractivity contribution >= 4 is 29.3 Å². The summed E-state index contributed by atoms with van der Waals surface area (Å²) in [4.78, 5) is 12.0. The van der Waals surface area contributed by atoms with Crippen molar-refractivity contribution in [1.29, 1.82) is 0 Å². The molecule has 0 amide bonds. The van der Waals surface area contributed by atoms with Gasteiger partial charge in [-0.05, 0) is 38.6 Å². The zero-order valence-electron chi connectivity index (χ0n) is 10.5. The average Bonchev–Trinajstić information content (AvgIpc) is 2.26. The van der Waals surface area contributed by atoms with Crippen molar-refractivity contribution in [2.24, 2.45) is 0 Å². The molecule has 0 unspecified atom stereocenters. The summed E-state index contributed by atoms with van der Waals surface area (Å²) in [6.45, 7) is 7.37. The lowest BCUT2D eigenvalue weighted by atomic mass is 10.2. The number of halogens is 1. The van der Waals surface area contributed by atoms with Crippen LogP contribution in [0.3, 0.4) is 0 Å². The Morgan fingerprint density at radius 3 is 2.65 bits per heavy atom. The van der Waals surface area contributed by atoms with Crippen LogP contribution in [-0.4, -0.2) is 39.1 Å². The first-order chi connectivity index (χ1) is 7.96. The first kappa shape index (κ1) is 14.3. The van der Waals surface area contributed by atoms with Crippen LogP contribution in [0.1, 0.15) is 20.8 Å². The first-order valence-electron chi connectivity index (χ1n) is 5.30. The third kappa shape index (κ3) is 4.95. The highest BCUT2D eigenvalue weighted by atomic mass is 35.5. The molecule has 1 aromatic heterocycles. The number of thioether (sulfide) groups is 1. The molecule has 96 valence electrons. The number of rotatable bonds is 6. The molecule has 0 aromatic carbocycles. The Labute approximate surface area is 111 Å². The van der Waals surface area contributed by atoms with Crippen molar-refractivity contribution in [3.63, 3.8) is 0 Å². The summed E-state index contributed by atoms with van der Waals surface area (Å²) in [7, 11) is 0. The van der Waals surface area contributed by atoms with Crippen molar-refractivity contribution in [2.75, 3.05) is 24.7 Å². The lowest BCUT2D eigenvalue weighted by molar-refractivity contribution is 0.312. The van der Waals surface area contributed by atoms with Crippen molar-refractivity contribution in [3.05, 3.63) is 5.28 Å². The highest BCUT2D eigenvalue weighted by Gasteiger charge is 2.16. The van der Waals surface area contributed by atoms with Crippen LogP contribution in [-0.2, 0) is 0 Å². The largest absolute Gasteiger partial charge is 0.464 e. The van der Waals surface area contributed by atoms with Gasteiger partial charge in [0.15, 0.2) is 0 Å². The lowest BCUT2D eigenvalue weighted by Gasteiger charge is -2.22. The molecular weight excluding hydrogens is 260 g/mol. The Morgan fingerprint density at radius 1 is 1.35 bits per heavy atom. The van der Waals surface area contributed by atoms with Gasteiger partial charge >= 0.3 is 6.01 Å². The summed E-state index contributed by atoms with van der Waals surface area (Å²) in [6, 6.07) is 0.247. The molecule has 1 rings (SSSR count). The highest BCUT2D eigenvalue weighted by molar-refractivity contribution is 7.99. The van der Waals surface area contributed by atoms with Crippen LogP contribution in [0, 0.1) is 0 Å². The van der Waals surface area contributed by atoms with E-state index in [4.69, 9.17) is 16.3 Å². The number of aromatic nitrogens is 3. The molecular formula is C10H17ClN4OS. The molecule has 0 aliphatic carbocycles. The molecule has 0 aliphatic rings. The van der Waals surface area contributed by atoms with E-state index in [-0.39, 0.29) is 16.0 Å². The van der Waals surface area contributed by atoms with Gasteiger partial charge in [0.05, 0.1) is 6.61 Å². The van der Waals surface area contributed by atoms with E-state index in [1.54, 1.807) is 11.8 Å². The van der Waals surface area contributed by atoms with Crippen LogP contribution in [0.4, 0.5) is 5.95 Å². The molecule has 1 N–H and O–H groups in total. The third-order valence-corrected chi connectivity index (χ3v) is 3.50. The van der Waals surface area contributed by atoms with Gasteiger partial charge < -0.3 is 10.1 Å². The number of nitrogens with zero attached hydrogens (tertiary/aromatic N) is 3. The van der Waals surface area contributed by atoms with Gasteiger partial charge in [-0.3, -0.25) is 0 Å². The van der Waals surface area contributed by atoms with Crippen molar-refractivity contribution < 1.29 is 4.74 Å². The van der Waals surface area contributed by atoms with E-state index < -0.39 is 0 Å². The molecule has 0 aliphatic heterocycles. The zero-order chi connectivity index (χ0) is 12.9. The van der Waals surface area contributed by atoms with Crippen LogP contribution in [0.2, 0.25) is 5.28 Å². The van der Waals surface area contributed by atoms with E-state index in [2.05, 4.69) is 40.4 Å². The van der Waals surface area contributed by atoms with E-state index in [1.165, 1.54) is 0 Å². The molecule has 0 bridgehead atoms. The molecule has 0 saturated heterocycles. The first-order valence-corrected chi connectivity index (χ1v) is 6.90. The Morgan fingerprint density at radius 2 is 2.06 bits per heavy atom. The van der Waals surface area contributed by atoms with Gasteiger partial charge in [-0.15, -0.1) is 0 Å². The summed E-state index contributed by atoms with van der Waals surface area (Å²) in [5.41, 5.74) is 0. The topological polar surface area (TPSA) is 59.9 Å². The van der Waals surface area contributed by atoms with Crippen LogP contribution in [0.25, 0.3) is 0 Å². The second-order valence-corrected chi connectivity index (χ2v) is 5.81. The second-order valence-electron chi connectivity index (χ2n) is 3.96. The Balaban J connectivity index is 2.70. The standard InChI is InChI=1S/C10H17ClN4OS/c1-5-16-9-14-7(11)13-8(15-9)12-6-10(2,3)17-4/h5-6H2,1-4H3,(H,12,13,14,15). The molecule has 0 radical (unpaired) electrons. The van der Waals surface area contributed by atoms with E-state index in [9.17, 15) is 0 Å². The van der Waals surface area contributed by atoms with Crippen LogP contribution in [0.15, 0.2) is 0 Å². The predicted molar refractivity (Wildman–Crippen MR) is 72.1 cm³/mol. The van der Waals surface area contributed by atoms with Crippen molar-refractivity contribution in [2.45, 2.75) is 25.5 Å². The van der Waals surface area contributed by atoms with Gasteiger partial charge in [0.25, 0.3) is 0 Å². The molecule has 7 heteroatoms. The molecule has 0 spiro atoms. The minimum Gasteiger partial charge on any atom is -0.464 e. The predicted octanol–water partition coefficient (Wildman–Crippen LogP) is 2.48. The molecule has 1 heterocycles. The molecule has 17 heavy (non-hydrogen) atoms. The fourth-order valence-electron chi connectivity index (χ4n) is 0.969. The van der Waals surface area contributed by atoms with Gasteiger partial charge in [0.2, 0.25) is 11.2 Å². The average molecular weight is 277 g/mol. The smallest absolute Gasteiger partial charge is 0.322 e. The number of nitrogens with one attached hydrogen (secondary N) is 1. The maximum atomic E-state index is 5.78. The molecule has 0 saturated carbocycles. The van der Waals surface area contributed by atoms with Crippen molar-refractivity contribution in [1.82, 2.24) is 15.0 Å². The number of anilines is 1. The Hall–Kier alpha value is -0.750. The van der Waals surface area contributed by atoms with Crippen LogP contribution < -0.4 is 10.1 Å². The van der Waals surface area contributed by atoms with Crippen LogP contribution >= 0.6 is 23.4 Å². The molecule has 1 aromatic rings. The van der Waals surface area contributed by atoms with E-state index >= 15 is 0 Å². The monoisotopic (exact) mass is 276 g/mol. The number of ether oxygens (including phenoxy) is 1. The minimum atomic E-state index is 0.102. The highest BCUT2D eigenvalue weighted by Crippen LogP contribution is 2.21. The fraction of sp³-hybridized carbons (Fsp3) is 0.700.